The molecule has 0 rings (SSSR count). The van der Waals surface area contributed by atoms with Gasteiger partial charge in [-0.3, -0.25) is 0 Å². The summed E-state index contributed by atoms with van der Waals surface area (Å²) in [6.07, 6.45) is 8.74. The van der Waals surface area contributed by atoms with Crippen molar-refractivity contribution >= 4 is 15.9 Å². The fourth-order valence-corrected chi connectivity index (χ4v) is 1.46. The first kappa shape index (κ1) is 15.7. The lowest BCUT2D eigenvalue weighted by Gasteiger charge is -2.02. The van der Waals surface area contributed by atoms with Crippen molar-refractivity contribution in [2.24, 2.45) is 0 Å². The van der Waals surface area contributed by atoms with E-state index in [1.54, 1.807) is 5.57 Å². The first-order valence-electron chi connectivity index (χ1n) is 5.59. The molecule has 0 atom stereocenters. The van der Waals surface area contributed by atoms with Crippen LogP contribution in [0, 0.1) is 0 Å². The lowest BCUT2D eigenvalue weighted by atomic mass is 10.0. The van der Waals surface area contributed by atoms with Crippen LogP contribution in [-0.4, -0.2) is 5.33 Å². The van der Waals surface area contributed by atoms with Gasteiger partial charge in [-0.25, -0.2) is 0 Å². The van der Waals surface area contributed by atoms with Gasteiger partial charge in [0.25, 0.3) is 0 Å². The van der Waals surface area contributed by atoms with E-state index in [1.807, 2.05) is 13.8 Å². The first-order chi connectivity index (χ1) is 6.35. The van der Waals surface area contributed by atoms with Crippen LogP contribution < -0.4 is 0 Å². The van der Waals surface area contributed by atoms with Crippen molar-refractivity contribution in [2.45, 2.75) is 59.8 Å². The van der Waals surface area contributed by atoms with E-state index >= 15 is 0 Å². The van der Waals surface area contributed by atoms with Crippen molar-refractivity contribution < 1.29 is 0 Å². The minimum atomic E-state index is 1.10. The van der Waals surface area contributed by atoms with Gasteiger partial charge in [-0.15, -0.1) is 0 Å². The van der Waals surface area contributed by atoms with Crippen molar-refractivity contribution in [3.8, 4) is 0 Å². The van der Waals surface area contributed by atoms with Gasteiger partial charge in [0.1, 0.15) is 0 Å². The molecule has 0 aromatic rings. The maximum Gasteiger partial charge on any atom is 0.00660 e. The Morgan fingerprint density at radius 2 is 1.54 bits per heavy atom. The maximum absolute atomic E-state index is 3.44. The molecule has 0 aromatic heterocycles. The Bertz CT molecular complexity index is 97.7. The molecule has 0 saturated heterocycles. The second-order valence-electron chi connectivity index (χ2n) is 2.84. The van der Waals surface area contributed by atoms with Gasteiger partial charge in [0.05, 0.1) is 0 Å². The van der Waals surface area contributed by atoms with Crippen LogP contribution in [-0.2, 0) is 0 Å². The highest BCUT2D eigenvalue weighted by atomic mass is 79.9. The van der Waals surface area contributed by atoms with Crippen molar-refractivity contribution in [1.29, 1.82) is 0 Å². The van der Waals surface area contributed by atoms with E-state index in [0.29, 0.717) is 0 Å². The van der Waals surface area contributed by atoms with Gasteiger partial charge in [-0.1, -0.05) is 68.1 Å². The SMILES string of the molecule is CC.CCCC(=CCCBr)CCC. The minimum absolute atomic E-state index is 1.10. The Morgan fingerprint density at radius 1 is 1.08 bits per heavy atom. The van der Waals surface area contributed by atoms with Crippen LogP contribution >= 0.6 is 15.9 Å². The molecule has 0 spiro atoms. The molecule has 0 aliphatic carbocycles. The number of halogens is 1. The lowest BCUT2D eigenvalue weighted by Crippen LogP contribution is -1.83. The summed E-state index contributed by atoms with van der Waals surface area (Å²) in [5.74, 6) is 0. The van der Waals surface area contributed by atoms with E-state index in [2.05, 4.69) is 35.9 Å². The van der Waals surface area contributed by atoms with Crippen LogP contribution in [0.2, 0.25) is 0 Å². The molecule has 0 N–H and O–H groups in total. The molecule has 0 unspecified atom stereocenters. The van der Waals surface area contributed by atoms with Gasteiger partial charge in [-0.2, -0.15) is 0 Å². The molecular formula is C12H25Br. The molecule has 0 nitrogen and oxygen atoms in total. The Balaban J connectivity index is 0. The van der Waals surface area contributed by atoms with Gasteiger partial charge in [0.2, 0.25) is 0 Å². The Labute approximate surface area is 92.9 Å². The molecule has 0 aromatic carbocycles. The van der Waals surface area contributed by atoms with Crippen LogP contribution in [0.4, 0.5) is 0 Å². The Morgan fingerprint density at radius 3 is 1.85 bits per heavy atom. The number of rotatable bonds is 6. The highest BCUT2D eigenvalue weighted by Gasteiger charge is 1.93. The third kappa shape index (κ3) is 12.2. The minimum Gasteiger partial charge on any atom is -0.0925 e. The summed E-state index contributed by atoms with van der Waals surface area (Å²) in [5.41, 5.74) is 1.65. The Hall–Kier alpha value is 0.220. The predicted octanol–water partition coefficient (Wildman–Crippen LogP) is 5.32. The molecule has 0 heterocycles. The summed E-state index contributed by atoms with van der Waals surface area (Å²) in [5, 5.41) is 1.10. The molecule has 0 amide bonds. The first-order valence-corrected chi connectivity index (χ1v) is 6.71. The van der Waals surface area contributed by atoms with Crippen molar-refractivity contribution in [3.63, 3.8) is 0 Å². The highest BCUT2D eigenvalue weighted by molar-refractivity contribution is 9.09. The van der Waals surface area contributed by atoms with Crippen LogP contribution in [0.5, 0.6) is 0 Å². The molecule has 80 valence electrons. The van der Waals surface area contributed by atoms with E-state index < -0.39 is 0 Å². The van der Waals surface area contributed by atoms with Crippen LogP contribution in [0.25, 0.3) is 0 Å². The molecule has 1 heteroatoms. The second kappa shape index (κ2) is 14.7. The molecular weight excluding hydrogens is 224 g/mol. The summed E-state index contributed by atoms with van der Waals surface area (Å²) in [7, 11) is 0. The summed E-state index contributed by atoms with van der Waals surface area (Å²) in [6.45, 7) is 8.50. The summed E-state index contributed by atoms with van der Waals surface area (Å²) in [4.78, 5) is 0. The summed E-state index contributed by atoms with van der Waals surface area (Å²) < 4.78 is 0. The number of allylic oxidation sites excluding steroid dienone is 2. The smallest absolute Gasteiger partial charge is 0.00660 e. The Kier molecular flexibility index (Phi) is 17.8. The number of hydrogen-bond acceptors (Lipinski definition) is 0. The summed E-state index contributed by atoms with van der Waals surface area (Å²) >= 11 is 3.44. The maximum atomic E-state index is 3.44. The fraction of sp³-hybridized carbons (Fsp3) is 0.833. The third-order valence-corrected chi connectivity index (χ3v) is 2.14. The molecule has 13 heavy (non-hydrogen) atoms. The molecule has 0 bridgehead atoms. The van der Waals surface area contributed by atoms with Crippen LogP contribution in [0.1, 0.15) is 59.8 Å². The average molecular weight is 249 g/mol. The average Bonchev–Trinajstić information content (AvgIpc) is 2.18. The molecule has 0 radical (unpaired) electrons. The van der Waals surface area contributed by atoms with Gasteiger partial charge in [0, 0.05) is 5.33 Å². The van der Waals surface area contributed by atoms with E-state index in [9.17, 15) is 0 Å². The topological polar surface area (TPSA) is 0 Å². The quantitative estimate of drug-likeness (QED) is 0.441. The molecule has 0 saturated carbocycles. The fourth-order valence-electron chi connectivity index (χ4n) is 1.23. The second-order valence-corrected chi connectivity index (χ2v) is 3.63. The molecule has 0 aliphatic rings. The van der Waals surface area contributed by atoms with Gasteiger partial charge < -0.3 is 0 Å². The van der Waals surface area contributed by atoms with Crippen LogP contribution in [0.15, 0.2) is 11.6 Å². The van der Waals surface area contributed by atoms with Crippen molar-refractivity contribution in [1.82, 2.24) is 0 Å². The number of alkyl halides is 1. The zero-order chi connectivity index (χ0) is 10.5. The molecule has 0 fully saturated rings. The zero-order valence-corrected chi connectivity index (χ0v) is 11.3. The summed E-state index contributed by atoms with van der Waals surface area (Å²) in [6, 6.07) is 0. The molecule has 0 aliphatic heterocycles. The van der Waals surface area contributed by atoms with Crippen LogP contribution in [0.3, 0.4) is 0 Å². The third-order valence-electron chi connectivity index (χ3n) is 1.68. The highest BCUT2D eigenvalue weighted by Crippen LogP contribution is 2.12. The van der Waals surface area contributed by atoms with E-state index in [-0.39, 0.29) is 0 Å². The normalized spacial score (nSPS) is 8.69. The van der Waals surface area contributed by atoms with E-state index in [4.69, 9.17) is 0 Å². The van der Waals surface area contributed by atoms with Gasteiger partial charge in [0.15, 0.2) is 0 Å². The largest absolute Gasteiger partial charge is 0.0925 e. The monoisotopic (exact) mass is 248 g/mol. The standard InChI is InChI=1S/C10H19Br.C2H6/c1-3-6-10(7-4-2)8-5-9-11;1-2/h8H,3-7,9H2,1-2H3;1-2H3. The van der Waals surface area contributed by atoms with Gasteiger partial charge in [-0.05, 0) is 19.3 Å². The lowest BCUT2D eigenvalue weighted by molar-refractivity contribution is 0.796. The predicted molar refractivity (Wildman–Crippen MR) is 67.7 cm³/mol. The zero-order valence-electron chi connectivity index (χ0n) is 9.70. The van der Waals surface area contributed by atoms with Gasteiger partial charge >= 0.3 is 0 Å². The van der Waals surface area contributed by atoms with Crippen molar-refractivity contribution in [3.05, 3.63) is 11.6 Å². The van der Waals surface area contributed by atoms with E-state index in [1.165, 1.54) is 32.1 Å². The number of hydrogen-bond donors (Lipinski definition) is 0. The van der Waals surface area contributed by atoms with Crippen molar-refractivity contribution in [2.75, 3.05) is 5.33 Å². The van der Waals surface area contributed by atoms with E-state index in [0.717, 1.165) is 5.33 Å².